The van der Waals surface area contributed by atoms with Gasteiger partial charge in [0.05, 0.1) is 18.8 Å². The van der Waals surface area contributed by atoms with Crippen LogP contribution in [0.15, 0.2) is 30.6 Å². The number of phenolic OH excluding ortho intramolecular Hbond substituents is 1. The summed E-state index contributed by atoms with van der Waals surface area (Å²) < 4.78 is 20.3. The second-order valence-electron chi connectivity index (χ2n) is 7.76. The van der Waals surface area contributed by atoms with Crippen molar-refractivity contribution in [2.75, 3.05) is 18.5 Å². The standard InChI is InChI=1S/C21H21FN4O2/c1-11-6-16(22)18(17(27)7-11)20-14-4-5-23-8-15(14)21(26-25-20)24-19-12-2-3-13(19)10-28-9-12/h4-8,12-13,19,27H,2-3,9-10H2,1H3,(H,24,26). The second kappa shape index (κ2) is 6.67. The first-order valence-corrected chi connectivity index (χ1v) is 9.56. The van der Waals surface area contributed by atoms with Gasteiger partial charge in [0.25, 0.3) is 0 Å². The molecule has 0 radical (unpaired) electrons. The largest absolute Gasteiger partial charge is 0.507 e. The number of hydrogen-bond acceptors (Lipinski definition) is 6. The van der Waals surface area contributed by atoms with E-state index in [9.17, 15) is 9.50 Å². The van der Waals surface area contributed by atoms with Crippen molar-refractivity contribution in [1.82, 2.24) is 15.2 Å². The number of ether oxygens (including phenoxy) is 1. The van der Waals surface area contributed by atoms with Crippen LogP contribution < -0.4 is 5.32 Å². The summed E-state index contributed by atoms with van der Waals surface area (Å²) >= 11 is 0. The summed E-state index contributed by atoms with van der Waals surface area (Å²) in [5, 5.41) is 24.0. The quantitative estimate of drug-likeness (QED) is 0.722. The number of aromatic hydroxyl groups is 1. The van der Waals surface area contributed by atoms with Crippen LogP contribution in [0.2, 0.25) is 0 Å². The summed E-state index contributed by atoms with van der Waals surface area (Å²) in [7, 11) is 0. The van der Waals surface area contributed by atoms with Gasteiger partial charge in [0.2, 0.25) is 0 Å². The van der Waals surface area contributed by atoms with Crippen molar-refractivity contribution < 1.29 is 14.2 Å². The molecule has 3 heterocycles. The van der Waals surface area contributed by atoms with E-state index in [-0.39, 0.29) is 11.3 Å². The van der Waals surface area contributed by atoms with Crippen LogP contribution in [0.25, 0.3) is 22.0 Å². The van der Waals surface area contributed by atoms with Crippen LogP contribution in [0.3, 0.4) is 0 Å². The predicted molar refractivity (Wildman–Crippen MR) is 104 cm³/mol. The van der Waals surface area contributed by atoms with Crippen molar-refractivity contribution in [3.05, 3.63) is 42.0 Å². The molecule has 1 saturated heterocycles. The maximum atomic E-state index is 14.6. The number of fused-ring (bicyclic) bond motifs is 3. The number of rotatable bonds is 3. The minimum absolute atomic E-state index is 0.0620. The van der Waals surface area contributed by atoms with E-state index in [1.807, 2.05) is 0 Å². The van der Waals surface area contributed by atoms with Gasteiger partial charge in [-0.1, -0.05) is 0 Å². The smallest absolute Gasteiger partial charge is 0.158 e. The molecule has 3 aromatic rings. The van der Waals surface area contributed by atoms with E-state index in [0.29, 0.717) is 40.3 Å². The molecule has 1 aromatic carbocycles. The van der Waals surface area contributed by atoms with E-state index in [2.05, 4.69) is 20.5 Å². The summed E-state index contributed by atoms with van der Waals surface area (Å²) in [4.78, 5) is 4.23. The predicted octanol–water partition coefficient (Wildman–Crippen LogP) is 3.68. The minimum Gasteiger partial charge on any atom is -0.507 e. The fraction of sp³-hybridized carbons (Fsp3) is 0.381. The first-order valence-electron chi connectivity index (χ1n) is 9.56. The lowest BCUT2D eigenvalue weighted by Crippen LogP contribution is -2.39. The summed E-state index contributed by atoms with van der Waals surface area (Å²) in [6.45, 7) is 3.26. The summed E-state index contributed by atoms with van der Waals surface area (Å²) in [6.07, 6.45) is 5.64. The zero-order valence-electron chi connectivity index (χ0n) is 15.5. The van der Waals surface area contributed by atoms with Crippen molar-refractivity contribution in [2.45, 2.75) is 25.8 Å². The van der Waals surface area contributed by atoms with E-state index in [1.54, 1.807) is 25.4 Å². The lowest BCUT2D eigenvalue weighted by atomic mass is 9.96. The normalized spacial score (nSPS) is 23.9. The van der Waals surface area contributed by atoms with E-state index < -0.39 is 5.82 Å². The van der Waals surface area contributed by atoms with Crippen molar-refractivity contribution in [1.29, 1.82) is 0 Å². The maximum absolute atomic E-state index is 14.6. The highest BCUT2D eigenvalue weighted by Crippen LogP contribution is 2.40. The Morgan fingerprint density at radius 1 is 1.14 bits per heavy atom. The number of aryl methyl sites for hydroxylation is 1. The number of nitrogens with one attached hydrogen (secondary N) is 1. The van der Waals surface area contributed by atoms with Gasteiger partial charge in [-0.25, -0.2) is 4.39 Å². The Hall–Kier alpha value is -2.80. The Kier molecular flexibility index (Phi) is 4.12. The van der Waals surface area contributed by atoms with E-state index in [4.69, 9.17) is 4.74 Å². The molecule has 1 aliphatic heterocycles. The van der Waals surface area contributed by atoms with Crippen LogP contribution in [0.4, 0.5) is 10.2 Å². The third-order valence-corrected chi connectivity index (χ3v) is 5.92. The molecule has 2 bridgehead atoms. The number of hydrogen-bond donors (Lipinski definition) is 2. The van der Waals surface area contributed by atoms with Crippen LogP contribution in [-0.2, 0) is 4.74 Å². The van der Waals surface area contributed by atoms with Crippen LogP contribution >= 0.6 is 0 Å². The fourth-order valence-electron chi connectivity index (χ4n) is 4.56. The summed E-state index contributed by atoms with van der Waals surface area (Å²) in [5.41, 5.74) is 1.02. The molecule has 6 nitrogen and oxygen atoms in total. The Labute approximate surface area is 161 Å². The van der Waals surface area contributed by atoms with Crippen molar-refractivity contribution in [2.24, 2.45) is 11.8 Å². The monoisotopic (exact) mass is 380 g/mol. The minimum atomic E-state index is -0.520. The SMILES string of the molecule is Cc1cc(O)c(-c2nnc(NC3C4CCC3COC4)c3cnccc23)c(F)c1. The van der Waals surface area contributed by atoms with Gasteiger partial charge in [0.1, 0.15) is 17.3 Å². The van der Waals surface area contributed by atoms with E-state index in [1.165, 1.54) is 12.1 Å². The zero-order chi connectivity index (χ0) is 19.3. The molecule has 2 fully saturated rings. The van der Waals surface area contributed by atoms with E-state index in [0.717, 1.165) is 31.4 Å². The number of anilines is 1. The van der Waals surface area contributed by atoms with Gasteiger partial charge < -0.3 is 15.2 Å². The Balaban J connectivity index is 1.61. The van der Waals surface area contributed by atoms with Gasteiger partial charge in [-0.15, -0.1) is 10.2 Å². The molecule has 7 heteroatoms. The van der Waals surface area contributed by atoms with Crippen LogP contribution in [0.1, 0.15) is 18.4 Å². The highest BCUT2D eigenvalue weighted by Gasteiger charge is 2.40. The van der Waals surface area contributed by atoms with Crippen LogP contribution in [-0.4, -0.2) is 39.5 Å². The molecule has 2 unspecified atom stereocenters. The third-order valence-electron chi connectivity index (χ3n) is 5.92. The van der Waals surface area contributed by atoms with Crippen molar-refractivity contribution >= 4 is 16.6 Å². The van der Waals surface area contributed by atoms with E-state index >= 15 is 0 Å². The lowest BCUT2D eigenvalue weighted by molar-refractivity contribution is 0.0392. The van der Waals surface area contributed by atoms with Gasteiger partial charge in [0, 0.05) is 41.0 Å². The summed E-state index contributed by atoms with van der Waals surface area (Å²) in [6, 6.07) is 4.98. The summed E-state index contributed by atoms with van der Waals surface area (Å²) in [5.74, 6) is 0.903. The lowest BCUT2D eigenvalue weighted by Gasteiger charge is -2.31. The number of pyridine rings is 1. The Bertz CT molecular complexity index is 1020. The average Bonchev–Trinajstić information content (AvgIpc) is 2.88. The molecule has 2 N–H and O–H groups in total. The van der Waals surface area contributed by atoms with Crippen molar-refractivity contribution in [3.63, 3.8) is 0 Å². The molecule has 2 aromatic heterocycles. The number of benzene rings is 1. The number of nitrogens with zero attached hydrogens (tertiary/aromatic N) is 3. The molecule has 1 aliphatic carbocycles. The topological polar surface area (TPSA) is 80.2 Å². The average molecular weight is 380 g/mol. The van der Waals surface area contributed by atoms with Crippen LogP contribution in [0, 0.1) is 24.6 Å². The fourth-order valence-corrected chi connectivity index (χ4v) is 4.56. The van der Waals surface area contributed by atoms with Gasteiger partial charge in [-0.3, -0.25) is 4.98 Å². The van der Waals surface area contributed by atoms with Crippen molar-refractivity contribution in [3.8, 4) is 17.0 Å². The molecule has 1 saturated carbocycles. The van der Waals surface area contributed by atoms with Gasteiger partial charge in [-0.05, 0) is 43.5 Å². The third kappa shape index (κ3) is 2.77. The Morgan fingerprint density at radius 3 is 2.68 bits per heavy atom. The first kappa shape index (κ1) is 17.3. The highest BCUT2D eigenvalue weighted by molar-refractivity contribution is 6.00. The van der Waals surface area contributed by atoms with Crippen LogP contribution in [0.5, 0.6) is 5.75 Å². The Morgan fingerprint density at radius 2 is 1.93 bits per heavy atom. The molecular weight excluding hydrogens is 359 g/mol. The zero-order valence-corrected chi connectivity index (χ0v) is 15.5. The highest BCUT2D eigenvalue weighted by atomic mass is 19.1. The van der Waals surface area contributed by atoms with Gasteiger partial charge >= 0.3 is 0 Å². The number of aromatic nitrogens is 3. The van der Waals surface area contributed by atoms with Gasteiger partial charge in [0.15, 0.2) is 5.82 Å². The number of halogens is 1. The molecule has 2 aliphatic rings. The maximum Gasteiger partial charge on any atom is 0.158 e. The molecule has 2 atom stereocenters. The molecule has 0 spiro atoms. The molecule has 5 rings (SSSR count). The first-order chi connectivity index (χ1) is 13.6. The van der Waals surface area contributed by atoms with Gasteiger partial charge in [-0.2, -0.15) is 0 Å². The number of phenols is 1. The molecule has 28 heavy (non-hydrogen) atoms. The second-order valence-corrected chi connectivity index (χ2v) is 7.76. The molecule has 144 valence electrons. The molecule has 0 amide bonds. The molecular formula is C21H21FN4O2.